The van der Waals surface area contributed by atoms with Crippen molar-refractivity contribution in [2.24, 2.45) is 4.99 Å². The molecular weight excluding hydrogens is 376 g/mol. The van der Waals surface area contributed by atoms with Gasteiger partial charge in [0.25, 0.3) is 5.91 Å². The largest absolute Gasteiger partial charge is 0.478 e. The van der Waals surface area contributed by atoms with Crippen molar-refractivity contribution >= 4 is 40.6 Å². The van der Waals surface area contributed by atoms with E-state index < -0.39 is 5.97 Å². The number of carbonyl (C=O) groups excluding carboxylic acids is 1. The van der Waals surface area contributed by atoms with Gasteiger partial charge in [-0.25, -0.2) is 9.79 Å². The predicted molar refractivity (Wildman–Crippen MR) is 108 cm³/mol. The highest BCUT2D eigenvalue weighted by Crippen LogP contribution is 2.30. The summed E-state index contributed by atoms with van der Waals surface area (Å²) in [7, 11) is 0. The number of furan rings is 1. The molecule has 0 bridgehead atoms. The van der Waals surface area contributed by atoms with Gasteiger partial charge < -0.3 is 14.8 Å². The van der Waals surface area contributed by atoms with E-state index in [1.165, 1.54) is 17.8 Å². The van der Waals surface area contributed by atoms with E-state index in [1.54, 1.807) is 36.4 Å². The van der Waals surface area contributed by atoms with Gasteiger partial charge in [0.05, 0.1) is 16.2 Å². The van der Waals surface area contributed by atoms with E-state index in [0.717, 1.165) is 5.69 Å². The SMILES string of the molecule is O=C1NC(=Nc2ccccc2)S/C1=C\c1ccc(-c2cccc(C(=O)O)c2)o1. The number of hydrogen-bond acceptors (Lipinski definition) is 5. The Morgan fingerprint density at radius 2 is 1.89 bits per heavy atom. The third-order valence-electron chi connectivity index (χ3n) is 3.93. The number of thioether (sulfide) groups is 1. The molecule has 6 nitrogen and oxygen atoms in total. The van der Waals surface area contributed by atoms with Crippen LogP contribution in [0.2, 0.25) is 0 Å². The standard InChI is InChI=1S/C21H14N2O4S/c24-19-18(28-21(23-19)22-15-7-2-1-3-8-15)12-16-9-10-17(27-16)13-5-4-6-14(11-13)20(25)26/h1-12H,(H,25,26)(H,22,23,24)/b18-12-. The minimum Gasteiger partial charge on any atom is -0.478 e. The number of nitrogens with zero attached hydrogens (tertiary/aromatic N) is 1. The van der Waals surface area contributed by atoms with Crippen LogP contribution in [0.5, 0.6) is 0 Å². The molecule has 28 heavy (non-hydrogen) atoms. The number of carboxylic acids is 1. The summed E-state index contributed by atoms with van der Waals surface area (Å²) in [6.07, 6.45) is 1.64. The molecule has 0 radical (unpaired) electrons. The van der Waals surface area contributed by atoms with E-state index in [0.29, 0.717) is 27.2 Å². The number of benzene rings is 2. The zero-order valence-electron chi connectivity index (χ0n) is 14.5. The number of aliphatic imine (C=N–C) groups is 1. The van der Waals surface area contributed by atoms with Gasteiger partial charge in [-0.2, -0.15) is 0 Å². The maximum Gasteiger partial charge on any atom is 0.335 e. The van der Waals surface area contributed by atoms with Crippen LogP contribution >= 0.6 is 11.8 Å². The van der Waals surface area contributed by atoms with Gasteiger partial charge in [-0.1, -0.05) is 30.3 Å². The monoisotopic (exact) mass is 390 g/mol. The van der Waals surface area contributed by atoms with Gasteiger partial charge in [-0.3, -0.25) is 4.79 Å². The number of para-hydroxylation sites is 1. The van der Waals surface area contributed by atoms with Crippen LogP contribution in [0.4, 0.5) is 5.69 Å². The average molecular weight is 390 g/mol. The molecule has 0 saturated carbocycles. The molecular formula is C21H14N2O4S. The fraction of sp³-hybridized carbons (Fsp3) is 0. The maximum absolute atomic E-state index is 12.2. The van der Waals surface area contributed by atoms with Crippen LogP contribution in [0.15, 0.2) is 81.0 Å². The minimum atomic E-state index is -1.000. The van der Waals surface area contributed by atoms with Gasteiger partial charge in [0.2, 0.25) is 0 Å². The predicted octanol–water partition coefficient (Wildman–Crippen LogP) is 4.54. The topological polar surface area (TPSA) is 91.9 Å². The van der Waals surface area contributed by atoms with Crippen LogP contribution in [0.1, 0.15) is 16.1 Å². The van der Waals surface area contributed by atoms with Crippen molar-refractivity contribution in [2.75, 3.05) is 0 Å². The van der Waals surface area contributed by atoms with Crippen LogP contribution in [-0.2, 0) is 4.79 Å². The Morgan fingerprint density at radius 1 is 1.07 bits per heavy atom. The quantitative estimate of drug-likeness (QED) is 0.638. The first-order chi connectivity index (χ1) is 13.6. The lowest BCUT2D eigenvalue weighted by atomic mass is 10.1. The maximum atomic E-state index is 12.2. The molecule has 0 spiro atoms. The number of aromatic carboxylic acids is 1. The summed E-state index contributed by atoms with van der Waals surface area (Å²) < 4.78 is 5.77. The third-order valence-corrected chi connectivity index (χ3v) is 4.84. The molecule has 0 atom stereocenters. The van der Waals surface area contributed by atoms with E-state index >= 15 is 0 Å². The second-order valence-electron chi connectivity index (χ2n) is 5.91. The first-order valence-electron chi connectivity index (χ1n) is 8.37. The summed E-state index contributed by atoms with van der Waals surface area (Å²) in [6.45, 7) is 0. The molecule has 1 aromatic heterocycles. The summed E-state index contributed by atoms with van der Waals surface area (Å²) in [5.74, 6) is -0.226. The van der Waals surface area contributed by atoms with Crippen molar-refractivity contribution in [1.82, 2.24) is 5.32 Å². The second-order valence-corrected chi connectivity index (χ2v) is 6.94. The highest BCUT2D eigenvalue weighted by Gasteiger charge is 2.24. The highest BCUT2D eigenvalue weighted by molar-refractivity contribution is 8.18. The molecule has 2 aromatic carbocycles. The Morgan fingerprint density at radius 3 is 2.68 bits per heavy atom. The smallest absolute Gasteiger partial charge is 0.335 e. The number of carboxylic acid groups (broad SMARTS) is 1. The van der Waals surface area contributed by atoms with Crippen molar-refractivity contribution in [3.63, 3.8) is 0 Å². The molecule has 7 heteroatoms. The number of rotatable bonds is 4. The molecule has 0 unspecified atom stereocenters. The Labute approximate surface area is 164 Å². The Balaban J connectivity index is 1.55. The lowest BCUT2D eigenvalue weighted by Crippen LogP contribution is -2.19. The average Bonchev–Trinajstić information content (AvgIpc) is 3.30. The van der Waals surface area contributed by atoms with Crippen LogP contribution in [0.3, 0.4) is 0 Å². The molecule has 1 amide bonds. The van der Waals surface area contributed by atoms with E-state index in [-0.39, 0.29) is 11.5 Å². The van der Waals surface area contributed by atoms with Crippen LogP contribution in [0, 0.1) is 0 Å². The van der Waals surface area contributed by atoms with Gasteiger partial charge in [-0.05, 0) is 48.2 Å². The summed E-state index contributed by atoms with van der Waals surface area (Å²) in [5, 5.41) is 12.3. The van der Waals surface area contributed by atoms with Crippen molar-refractivity contribution < 1.29 is 19.1 Å². The molecule has 0 aliphatic carbocycles. The molecule has 1 saturated heterocycles. The molecule has 2 heterocycles. The van der Waals surface area contributed by atoms with E-state index in [2.05, 4.69) is 10.3 Å². The summed E-state index contributed by atoms with van der Waals surface area (Å²) >= 11 is 1.23. The third kappa shape index (κ3) is 3.89. The van der Waals surface area contributed by atoms with E-state index in [1.807, 2.05) is 30.3 Å². The summed E-state index contributed by atoms with van der Waals surface area (Å²) in [4.78, 5) is 28.2. The molecule has 1 aliphatic rings. The Kier molecular flexibility index (Phi) is 4.82. The number of carbonyl (C=O) groups is 2. The van der Waals surface area contributed by atoms with E-state index in [9.17, 15) is 9.59 Å². The van der Waals surface area contributed by atoms with Gasteiger partial charge in [0.1, 0.15) is 11.5 Å². The second kappa shape index (κ2) is 7.58. The first-order valence-corrected chi connectivity index (χ1v) is 9.18. The molecule has 1 fully saturated rings. The minimum absolute atomic E-state index is 0.182. The Bertz CT molecular complexity index is 1120. The number of nitrogens with one attached hydrogen (secondary N) is 1. The zero-order valence-corrected chi connectivity index (χ0v) is 15.3. The molecule has 2 N–H and O–H groups in total. The lowest BCUT2D eigenvalue weighted by Gasteiger charge is -1.99. The summed E-state index contributed by atoms with van der Waals surface area (Å²) in [5.41, 5.74) is 1.59. The number of hydrogen-bond donors (Lipinski definition) is 2. The lowest BCUT2D eigenvalue weighted by molar-refractivity contribution is -0.115. The van der Waals surface area contributed by atoms with Crippen LogP contribution in [-0.4, -0.2) is 22.2 Å². The number of amidine groups is 1. The Hall–Kier alpha value is -3.58. The highest BCUT2D eigenvalue weighted by atomic mass is 32.2. The van der Waals surface area contributed by atoms with Gasteiger partial charge in [0, 0.05) is 11.6 Å². The van der Waals surface area contributed by atoms with Gasteiger partial charge in [0.15, 0.2) is 5.17 Å². The van der Waals surface area contributed by atoms with Gasteiger partial charge >= 0.3 is 5.97 Å². The fourth-order valence-electron chi connectivity index (χ4n) is 2.62. The van der Waals surface area contributed by atoms with Gasteiger partial charge in [-0.15, -0.1) is 0 Å². The van der Waals surface area contributed by atoms with Crippen LogP contribution < -0.4 is 5.32 Å². The van der Waals surface area contributed by atoms with E-state index in [4.69, 9.17) is 9.52 Å². The van der Waals surface area contributed by atoms with Crippen molar-refractivity contribution in [2.45, 2.75) is 0 Å². The normalized spacial score (nSPS) is 16.5. The first kappa shape index (κ1) is 17.8. The zero-order chi connectivity index (χ0) is 19.5. The van der Waals surface area contributed by atoms with Crippen molar-refractivity contribution in [1.29, 1.82) is 0 Å². The van der Waals surface area contributed by atoms with Crippen molar-refractivity contribution in [3.8, 4) is 11.3 Å². The fourth-order valence-corrected chi connectivity index (χ4v) is 3.44. The number of amides is 1. The molecule has 3 aromatic rings. The molecule has 138 valence electrons. The summed E-state index contributed by atoms with van der Waals surface area (Å²) in [6, 6.07) is 19.3. The van der Waals surface area contributed by atoms with Crippen LogP contribution in [0.25, 0.3) is 17.4 Å². The molecule has 1 aliphatic heterocycles. The molecule has 4 rings (SSSR count). The van der Waals surface area contributed by atoms with Crippen molar-refractivity contribution in [3.05, 3.63) is 83.0 Å².